The van der Waals surface area contributed by atoms with E-state index in [1.54, 1.807) is 5.57 Å². The van der Waals surface area contributed by atoms with Crippen molar-refractivity contribution in [1.29, 1.82) is 0 Å². The summed E-state index contributed by atoms with van der Waals surface area (Å²) in [6.07, 6.45) is 9.79. The molecule has 0 nitrogen and oxygen atoms in total. The summed E-state index contributed by atoms with van der Waals surface area (Å²) in [6.45, 7) is 2.39. The summed E-state index contributed by atoms with van der Waals surface area (Å²) in [5.74, 6) is 1.89. The Morgan fingerprint density at radius 1 is 1.40 bits per heavy atom. The quantitative estimate of drug-likeness (QED) is 0.449. The molecule has 0 aromatic heterocycles. The van der Waals surface area contributed by atoms with Crippen molar-refractivity contribution < 1.29 is 0 Å². The van der Waals surface area contributed by atoms with Crippen LogP contribution in [-0.4, -0.2) is 0 Å². The maximum atomic E-state index is 2.55. The Labute approximate surface area is 63.3 Å². The topological polar surface area (TPSA) is 0 Å². The molecule has 0 saturated heterocycles. The third-order valence-electron chi connectivity index (χ3n) is 3.03. The summed E-state index contributed by atoms with van der Waals surface area (Å²) in [5, 5.41) is 0. The molecule has 0 N–H and O–H groups in total. The summed E-state index contributed by atoms with van der Waals surface area (Å²) in [4.78, 5) is 0. The van der Waals surface area contributed by atoms with Crippen LogP contribution < -0.4 is 0 Å². The maximum Gasteiger partial charge on any atom is -0.0225 e. The van der Waals surface area contributed by atoms with Gasteiger partial charge in [-0.15, -0.1) is 0 Å². The van der Waals surface area contributed by atoms with Gasteiger partial charge in [0.2, 0.25) is 0 Å². The third kappa shape index (κ3) is 1.00. The Bertz CT molecular complexity index is 155. The monoisotopic (exact) mass is 136 g/mol. The minimum atomic E-state index is 0.922. The van der Waals surface area contributed by atoms with Gasteiger partial charge in [0.05, 0.1) is 0 Å². The van der Waals surface area contributed by atoms with E-state index in [4.69, 9.17) is 0 Å². The fourth-order valence-electron chi connectivity index (χ4n) is 2.41. The van der Waals surface area contributed by atoms with Crippen molar-refractivity contribution in [2.24, 2.45) is 11.8 Å². The molecule has 0 saturated carbocycles. The van der Waals surface area contributed by atoms with Gasteiger partial charge in [-0.1, -0.05) is 25.0 Å². The molecule has 0 radical (unpaired) electrons. The van der Waals surface area contributed by atoms with Crippen LogP contribution in [0.3, 0.4) is 0 Å². The first kappa shape index (κ1) is 6.45. The fourth-order valence-corrected chi connectivity index (χ4v) is 2.41. The Hall–Kier alpha value is -0.260. The number of hydrogen-bond donors (Lipinski definition) is 0. The molecule has 56 valence electrons. The molecular weight excluding hydrogens is 120 g/mol. The van der Waals surface area contributed by atoms with E-state index in [2.05, 4.69) is 13.0 Å². The lowest BCUT2D eigenvalue weighted by molar-refractivity contribution is 0.461. The molecule has 0 heteroatoms. The predicted molar refractivity (Wildman–Crippen MR) is 43.8 cm³/mol. The second-order valence-corrected chi connectivity index (χ2v) is 3.88. The fraction of sp³-hybridized carbons (Fsp3) is 0.800. The van der Waals surface area contributed by atoms with E-state index in [1.807, 2.05) is 0 Å². The van der Waals surface area contributed by atoms with Gasteiger partial charge in [-0.2, -0.15) is 0 Å². The lowest BCUT2D eigenvalue weighted by Gasteiger charge is -2.13. The van der Waals surface area contributed by atoms with Crippen molar-refractivity contribution in [3.8, 4) is 0 Å². The lowest BCUT2D eigenvalue weighted by Crippen LogP contribution is -1.99. The molecule has 2 aliphatic rings. The third-order valence-corrected chi connectivity index (χ3v) is 3.03. The SMILES string of the molecule is CC1CC2C=C1CCCC2. The zero-order valence-electron chi connectivity index (χ0n) is 6.77. The van der Waals surface area contributed by atoms with E-state index in [1.165, 1.54) is 32.1 Å². The first-order chi connectivity index (χ1) is 4.86. The van der Waals surface area contributed by atoms with Gasteiger partial charge in [0.15, 0.2) is 0 Å². The predicted octanol–water partition coefficient (Wildman–Crippen LogP) is 3.14. The van der Waals surface area contributed by atoms with Crippen LogP contribution in [0.25, 0.3) is 0 Å². The molecule has 2 atom stereocenters. The summed E-state index contributed by atoms with van der Waals surface area (Å²) in [5.41, 5.74) is 1.77. The van der Waals surface area contributed by atoms with E-state index in [0.717, 1.165) is 11.8 Å². The summed E-state index contributed by atoms with van der Waals surface area (Å²) >= 11 is 0. The first-order valence-corrected chi connectivity index (χ1v) is 4.57. The Balaban J connectivity index is 2.13. The highest BCUT2D eigenvalue weighted by Crippen LogP contribution is 2.38. The van der Waals surface area contributed by atoms with E-state index < -0.39 is 0 Å². The number of hydrogen-bond acceptors (Lipinski definition) is 0. The molecule has 2 bridgehead atoms. The molecule has 0 fully saturated rings. The molecule has 0 aliphatic heterocycles. The highest BCUT2D eigenvalue weighted by molar-refractivity contribution is 5.15. The average Bonchev–Trinajstić information content (AvgIpc) is 2.18. The van der Waals surface area contributed by atoms with E-state index >= 15 is 0 Å². The molecule has 10 heavy (non-hydrogen) atoms. The van der Waals surface area contributed by atoms with Crippen molar-refractivity contribution in [3.63, 3.8) is 0 Å². The van der Waals surface area contributed by atoms with Gasteiger partial charge in [0.25, 0.3) is 0 Å². The van der Waals surface area contributed by atoms with Crippen LogP contribution in [0.5, 0.6) is 0 Å². The van der Waals surface area contributed by atoms with Crippen molar-refractivity contribution in [2.75, 3.05) is 0 Å². The van der Waals surface area contributed by atoms with Crippen molar-refractivity contribution in [3.05, 3.63) is 11.6 Å². The Morgan fingerprint density at radius 3 is 3.20 bits per heavy atom. The minimum absolute atomic E-state index is 0.922. The number of allylic oxidation sites excluding steroid dienone is 2. The van der Waals surface area contributed by atoms with Crippen molar-refractivity contribution in [1.82, 2.24) is 0 Å². The molecule has 0 amide bonds. The van der Waals surface area contributed by atoms with E-state index in [0.29, 0.717) is 0 Å². The van der Waals surface area contributed by atoms with Gasteiger partial charge in [0, 0.05) is 0 Å². The van der Waals surface area contributed by atoms with Gasteiger partial charge < -0.3 is 0 Å². The second kappa shape index (κ2) is 2.41. The van der Waals surface area contributed by atoms with E-state index in [9.17, 15) is 0 Å². The number of fused-ring (bicyclic) bond motifs is 1. The maximum absolute atomic E-state index is 2.55. The molecule has 2 rings (SSSR count). The van der Waals surface area contributed by atoms with Crippen LogP contribution in [-0.2, 0) is 0 Å². The van der Waals surface area contributed by atoms with Gasteiger partial charge in [0.1, 0.15) is 0 Å². The number of rotatable bonds is 0. The molecule has 0 aromatic rings. The van der Waals surface area contributed by atoms with E-state index in [-0.39, 0.29) is 0 Å². The van der Waals surface area contributed by atoms with Crippen LogP contribution in [0.15, 0.2) is 11.6 Å². The first-order valence-electron chi connectivity index (χ1n) is 4.57. The smallest absolute Gasteiger partial charge is 0.0225 e. The highest BCUT2D eigenvalue weighted by atomic mass is 14.3. The standard InChI is InChI=1S/C10H16/c1-8-6-9-4-2-3-5-10(8)7-9/h7-9H,2-6H2,1H3. The zero-order chi connectivity index (χ0) is 6.97. The van der Waals surface area contributed by atoms with Crippen LogP contribution in [0.4, 0.5) is 0 Å². The molecule has 2 aliphatic carbocycles. The van der Waals surface area contributed by atoms with Gasteiger partial charge in [-0.25, -0.2) is 0 Å². The minimum Gasteiger partial charge on any atom is -0.0819 e. The zero-order valence-corrected chi connectivity index (χ0v) is 6.77. The summed E-state index contributed by atoms with van der Waals surface area (Å²) in [6, 6.07) is 0. The summed E-state index contributed by atoms with van der Waals surface area (Å²) < 4.78 is 0. The molecule has 0 spiro atoms. The highest BCUT2D eigenvalue weighted by Gasteiger charge is 2.24. The van der Waals surface area contributed by atoms with Crippen molar-refractivity contribution >= 4 is 0 Å². The largest absolute Gasteiger partial charge is 0.0819 e. The normalized spacial score (nSPS) is 39.1. The van der Waals surface area contributed by atoms with Gasteiger partial charge >= 0.3 is 0 Å². The van der Waals surface area contributed by atoms with Crippen LogP contribution in [0, 0.1) is 11.8 Å². The average molecular weight is 136 g/mol. The lowest BCUT2D eigenvalue weighted by atomic mass is 9.93. The molecular formula is C10H16. The Morgan fingerprint density at radius 2 is 2.30 bits per heavy atom. The van der Waals surface area contributed by atoms with Crippen LogP contribution in [0.1, 0.15) is 39.0 Å². The Kier molecular flexibility index (Phi) is 1.55. The van der Waals surface area contributed by atoms with Gasteiger partial charge in [-0.05, 0) is 37.5 Å². The molecule has 0 aromatic carbocycles. The molecule has 2 unspecified atom stereocenters. The second-order valence-electron chi connectivity index (χ2n) is 3.88. The van der Waals surface area contributed by atoms with Crippen LogP contribution >= 0.6 is 0 Å². The van der Waals surface area contributed by atoms with Gasteiger partial charge in [-0.3, -0.25) is 0 Å². The van der Waals surface area contributed by atoms with Crippen molar-refractivity contribution in [2.45, 2.75) is 39.0 Å². The molecule has 0 heterocycles. The van der Waals surface area contributed by atoms with Crippen LogP contribution in [0.2, 0.25) is 0 Å². The summed E-state index contributed by atoms with van der Waals surface area (Å²) in [7, 11) is 0.